The van der Waals surface area contributed by atoms with Crippen molar-refractivity contribution in [3.63, 3.8) is 0 Å². The number of hydrogen-bond donors (Lipinski definition) is 0. The average Bonchev–Trinajstić information content (AvgIpc) is 3.17. The van der Waals surface area contributed by atoms with Gasteiger partial charge in [-0.15, -0.1) is 11.8 Å². The number of benzene rings is 1. The summed E-state index contributed by atoms with van der Waals surface area (Å²) in [5.41, 5.74) is 2.06. The quantitative estimate of drug-likeness (QED) is 0.591. The minimum Gasteiger partial charge on any atom is -0.353 e. The van der Waals surface area contributed by atoms with Crippen LogP contribution in [0.1, 0.15) is 22.3 Å². The topological polar surface area (TPSA) is 49.3 Å². The molecule has 1 fully saturated rings. The molecule has 4 rings (SSSR count). The fraction of sp³-hybridized carbons (Fsp3) is 0.286. The molecule has 0 spiro atoms. The zero-order valence-electron chi connectivity index (χ0n) is 15.5. The molecule has 1 aliphatic rings. The van der Waals surface area contributed by atoms with E-state index in [0.29, 0.717) is 6.54 Å². The van der Waals surface area contributed by atoms with Crippen molar-refractivity contribution in [1.29, 1.82) is 0 Å². The van der Waals surface area contributed by atoms with Crippen molar-refractivity contribution < 1.29 is 4.79 Å². The number of nitrogens with zero attached hydrogens (tertiary/aromatic N) is 4. The van der Waals surface area contributed by atoms with E-state index in [0.717, 1.165) is 48.2 Å². The molecule has 0 bridgehead atoms. The molecular weight excluding hydrogens is 388 g/mol. The van der Waals surface area contributed by atoms with Gasteiger partial charge in [-0.2, -0.15) is 11.3 Å². The fourth-order valence-corrected chi connectivity index (χ4v) is 4.64. The van der Waals surface area contributed by atoms with E-state index in [1.54, 1.807) is 23.1 Å². The first-order chi connectivity index (χ1) is 13.8. The van der Waals surface area contributed by atoms with Crippen LogP contribution in [0.25, 0.3) is 0 Å². The van der Waals surface area contributed by atoms with Gasteiger partial charge < -0.3 is 9.80 Å². The summed E-state index contributed by atoms with van der Waals surface area (Å²) < 4.78 is 0. The van der Waals surface area contributed by atoms with E-state index < -0.39 is 0 Å². The van der Waals surface area contributed by atoms with Crippen LogP contribution in [0.2, 0.25) is 0 Å². The van der Waals surface area contributed by atoms with E-state index in [4.69, 9.17) is 4.98 Å². The Hall–Kier alpha value is -2.38. The molecule has 0 N–H and O–H groups in total. The molecule has 1 saturated heterocycles. The van der Waals surface area contributed by atoms with Gasteiger partial charge in [0, 0.05) is 37.3 Å². The van der Waals surface area contributed by atoms with Gasteiger partial charge in [0.25, 0.3) is 5.91 Å². The van der Waals surface area contributed by atoms with Crippen LogP contribution in [0.15, 0.2) is 64.6 Å². The summed E-state index contributed by atoms with van der Waals surface area (Å²) >= 11 is 3.26. The van der Waals surface area contributed by atoms with Crippen LogP contribution in [0.3, 0.4) is 0 Å². The van der Waals surface area contributed by atoms with Gasteiger partial charge >= 0.3 is 0 Å². The summed E-state index contributed by atoms with van der Waals surface area (Å²) in [5.74, 6) is 1.89. The van der Waals surface area contributed by atoms with E-state index >= 15 is 0 Å². The molecule has 3 heterocycles. The maximum absolute atomic E-state index is 12.6. The smallest absolute Gasteiger partial charge is 0.254 e. The molecule has 0 saturated carbocycles. The van der Waals surface area contributed by atoms with Crippen molar-refractivity contribution in [2.75, 3.05) is 31.1 Å². The van der Waals surface area contributed by atoms with Crippen molar-refractivity contribution in [2.24, 2.45) is 0 Å². The summed E-state index contributed by atoms with van der Waals surface area (Å²) in [5, 5.41) is 4.80. The third-order valence-electron chi connectivity index (χ3n) is 4.70. The Kier molecular flexibility index (Phi) is 6.24. The van der Waals surface area contributed by atoms with E-state index in [9.17, 15) is 4.79 Å². The standard InChI is InChI=1S/C21H22N4OS2/c26-21(18-7-12-27-16-18)25-9-4-8-24(10-11-25)19-13-22-14-20(23-19)28-15-17-5-2-1-3-6-17/h1-3,5-7,12-14,16H,4,8-11,15H2. The number of carbonyl (C=O) groups is 1. The van der Waals surface area contributed by atoms with Crippen LogP contribution in [0, 0.1) is 0 Å². The second kappa shape index (κ2) is 9.21. The zero-order valence-corrected chi connectivity index (χ0v) is 17.2. The molecule has 0 unspecified atom stereocenters. The Labute approximate surface area is 173 Å². The van der Waals surface area contributed by atoms with Gasteiger partial charge in [-0.25, -0.2) is 4.98 Å². The molecule has 1 aromatic carbocycles. The molecule has 7 heteroatoms. The highest BCUT2D eigenvalue weighted by Crippen LogP contribution is 2.23. The van der Waals surface area contributed by atoms with Gasteiger partial charge in [0.2, 0.25) is 0 Å². The molecule has 5 nitrogen and oxygen atoms in total. The third kappa shape index (κ3) is 4.72. The Bertz CT molecular complexity index is 902. The fourth-order valence-electron chi connectivity index (χ4n) is 3.21. The molecule has 144 valence electrons. The summed E-state index contributed by atoms with van der Waals surface area (Å²) in [6, 6.07) is 12.3. The Morgan fingerprint density at radius 1 is 1.07 bits per heavy atom. The average molecular weight is 411 g/mol. The van der Waals surface area contributed by atoms with Gasteiger partial charge in [0.1, 0.15) is 10.8 Å². The molecule has 1 aliphatic heterocycles. The monoisotopic (exact) mass is 410 g/mol. The molecule has 0 atom stereocenters. The van der Waals surface area contributed by atoms with Crippen molar-refractivity contribution >= 4 is 34.8 Å². The number of anilines is 1. The maximum Gasteiger partial charge on any atom is 0.254 e. The first kappa shape index (κ1) is 19.0. The lowest BCUT2D eigenvalue weighted by atomic mass is 10.2. The van der Waals surface area contributed by atoms with Crippen molar-refractivity contribution in [3.8, 4) is 0 Å². The number of rotatable bonds is 5. The predicted octanol–water partition coefficient (Wildman–Crippen LogP) is 4.18. The Balaban J connectivity index is 1.38. The molecule has 2 aromatic heterocycles. The van der Waals surface area contributed by atoms with E-state index in [2.05, 4.69) is 34.1 Å². The first-order valence-corrected chi connectivity index (χ1v) is 11.3. The van der Waals surface area contributed by atoms with Crippen LogP contribution in [0.5, 0.6) is 0 Å². The van der Waals surface area contributed by atoms with E-state index in [1.807, 2.05) is 40.2 Å². The maximum atomic E-state index is 12.6. The number of amides is 1. The number of hydrogen-bond acceptors (Lipinski definition) is 6. The highest BCUT2D eigenvalue weighted by molar-refractivity contribution is 7.98. The highest BCUT2D eigenvalue weighted by atomic mass is 32.2. The molecule has 1 amide bonds. The van der Waals surface area contributed by atoms with E-state index in [1.165, 1.54) is 5.56 Å². The zero-order chi connectivity index (χ0) is 19.2. The molecule has 3 aromatic rings. The highest BCUT2D eigenvalue weighted by Gasteiger charge is 2.21. The van der Waals surface area contributed by atoms with Gasteiger partial charge in [-0.3, -0.25) is 9.78 Å². The van der Waals surface area contributed by atoms with Crippen LogP contribution >= 0.6 is 23.1 Å². The largest absolute Gasteiger partial charge is 0.353 e. The second-order valence-electron chi connectivity index (χ2n) is 6.63. The van der Waals surface area contributed by atoms with Crippen molar-refractivity contribution in [3.05, 3.63) is 70.7 Å². The normalized spacial score (nSPS) is 14.7. The molecule has 28 heavy (non-hydrogen) atoms. The molecule has 0 radical (unpaired) electrons. The number of carbonyl (C=O) groups excluding carboxylic acids is 1. The lowest BCUT2D eigenvalue weighted by Gasteiger charge is -2.22. The van der Waals surface area contributed by atoms with Gasteiger partial charge in [0.15, 0.2) is 0 Å². The van der Waals surface area contributed by atoms with Crippen molar-refractivity contribution in [2.45, 2.75) is 17.2 Å². The minimum absolute atomic E-state index is 0.126. The molecule has 0 aliphatic carbocycles. The van der Waals surface area contributed by atoms with Gasteiger partial charge in [-0.05, 0) is 23.4 Å². The van der Waals surface area contributed by atoms with Gasteiger partial charge in [0.05, 0.1) is 18.0 Å². The first-order valence-electron chi connectivity index (χ1n) is 9.35. The van der Waals surface area contributed by atoms with Crippen LogP contribution in [-0.2, 0) is 5.75 Å². The number of thioether (sulfide) groups is 1. The number of aromatic nitrogens is 2. The lowest BCUT2D eigenvalue weighted by Crippen LogP contribution is -2.35. The number of thiophene rings is 1. The van der Waals surface area contributed by atoms with E-state index in [-0.39, 0.29) is 5.91 Å². The SMILES string of the molecule is O=C(c1ccsc1)N1CCCN(c2cncc(SCc3ccccc3)n2)CC1. The Morgan fingerprint density at radius 2 is 1.96 bits per heavy atom. The Morgan fingerprint density at radius 3 is 2.79 bits per heavy atom. The summed E-state index contributed by atoms with van der Waals surface area (Å²) in [6.07, 6.45) is 4.57. The van der Waals surface area contributed by atoms with Crippen LogP contribution in [-0.4, -0.2) is 47.0 Å². The summed E-state index contributed by atoms with van der Waals surface area (Å²) in [4.78, 5) is 26.0. The summed E-state index contributed by atoms with van der Waals surface area (Å²) in [6.45, 7) is 3.14. The minimum atomic E-state index is 0.126. The second-order valence-corrected chi connectivity index (χ2v) is 8.41. The summed E-state index contributed by atoms with van der Waals surface area (Å²) in [7, 11) is 0. The predicted molar refractivity (Wildman–Crippen MR) is 115 cm³/mol. The molecular formula is C21H22N4OS2. The van der Waals surface area contributed by atoms with Crippen molar-refractivity contribution in [1.82, 2.24) is 14.9 Å². The lowest BCUT2D eigenvalue weighted by molar-refractivity contribution is 0.0767. The van der Waals surface area contributed by atoms with Crippen LogP contribution in [0.4, 0.5) is 5.82 Å². The van der Waals surface area contributed by atoms with Gasteiger partial charge in [-0.1, -0.05) is 30.3 Å². The van der Waals surface area contributed by atoms with Crippen LogP contribution < -0.4 is 4.90 Å². The third-order valence-corrected chi connectivity index (χ3v) is 6.36.